The lowest BCUT2D eigenvalue weighted by Crippen LogP contribution is -2.00. The molecule has 0 aliphatic rings. The molecule has 1 rings (SSSR count). The number of hydrogen-bond acceptors (Lipinski definition) is 3. The first kappa shape index (κ1) is 8.68. The van der Waals surface area contributed by atoms with Gasteiger partial charge in [0.15, 0.2) is 0 Å². The van der Waals surface area contributed by atoms with Crippen molar-refractivity contribution in [3.63, 3.8) is 0 Å². The molecule has 4 nitrogen and oxygen atoms in total. The summed E-state index contributed by atoms with van der Waals surface area (Å²) in [6.45, 7) is 0. The molecule has 5 heteroatoms. The number of aromatic nitrogens is 1. The highest BCUT2D eigenvalue weighted by atomic mass is 79.9. The zero-order chi connectivity index (χ0) is 9.14. The maximum absolute atomic E-state index is 10.4. The van der Waals surface area contributed by atoms with Crippen LogP contribution in [-0.2, 0) is 0 Å². The van der Waals surface area contributed by atoms with Crippen LogP contribution in [0.3, 0.4) is 0 Å². The van der Waals surface area contributed by atoms with Gasteiger partial charge in [0.1, 0.15) is 11.8 Å². The molecule has 1 aromatic rings. The van der Waals surface area contributed by atoms with E-state index >= 15 is 0 Å². The Kier molecular flexibility index (Phi) is 2.41. The fourth-order valence-electron chi connectivity index (χ4n) is 0.641. The van der Waals surface area contributed by atoms with E-state index in [-0.39, 0.29) is 11.3 Å². The van der Waals surface area contributed by atoms with Crippen LogP contribution in [-0.4, -0.2) is 16.1 Å². The Bertz CT molecular complexity index is 370. The molecule has 60 valence electrons. The van der Waals surface area contributed by atoms with Crippen LogP contribution >= 0.6 is 15.9 Å². The highest BCUT2D eigenvalue weighted by Gasteiger charge is 2.07. The molecular formula is C7H3BrN2O2. The molecule has 0 saturated heterocycles. The molecular weight excluding hydrogens is 224 g/mol. The Balaban J connectivity index is 3.25. The minimum absolute atomic E-state index is 0.130. The third kappa shape index (κ3) is 1.60. The lowest BCUT2D eigenvalue weighted by atomic mass is 10.2. The van der Waals surface area contributed by atoms with Crippen LogP contribution in [0.2, 0.25) is 0 Å². The summed E-state index contributed by atoms with van der Waals surface area (Å²) in [7, 11) is 0. The number of aromatic carboxylic acids is 1. The van der Waals surface area contributed by atoms with E-state index in [1.54, 1.807) is 0 Å². The van der Waals surface area contributed by atoms with Gasteiger partial charge in [-0.25, -0.2) is 9.78 Å². The Morgan fingerprint density at radius 3 is 2.92 bits per heavy atom. The zero-order valence-corrected chi connectivity index (χ0v) is 7.37. The normalized spacial score (nSPS) is 9.00. The molecule has 1 N–H and O–H groups in total. The Morgan fingerprint density at radius 1 is 1.75 bits per heavy atom. The molecule has 0 unspecified atom stereocenters. The summed E-state index contributed by atoms with van der Waals surface area (Å²) in [5.41, 5.74) is 0.136. The Labute approximate surface area is 76.6 Å². The molecule has 0 aliphatic heterocycles. The van der Waals surface area contributed by atoms with Crippen molar-refractivity contribution in [3.05, 3.63) is 28.0 Å². The summed E-state index contributed by atoms with van der Waals surface area (Å²) in [6, 6.07) is 3.06. The Morgan fingerprint density at radius 2 is 2.42 bits per heavy atom. The molecule has 0 atom stereocenters. The number of hydrogen-bond donors (Lipinski definition) is 1. The van der Waals surface area contributed by atoms with Gasteiger partial charge in [-0.3, -0.25) is 0 Å². The maximum Gasteiger partial charge on any atom is 0.354 e. The van der Waals surface area contributed by atoms with Gasteiger partial charge in [0.2, 0.25) is 0 Å². The van der Waals surface area contributed by atoms with Crippen LogP contribution in [0.1, 0.15) is 16.1 Å². The molecule has 0 bridgehead atoms. The summed E-state index contributed by atoms with van der Waals surface area (Å²) in [5, 5.41) is 17.0. The van der Waals surface area contributed by atoms with E-state index in [2.05, 4.69) is 20.9 Å². The van der Waals surface area contributed by atoms with Gasteiger partial charge in [0.05, 0.1) is 10.0 Å². The van der Waals surface area contributed by atoms with Gasteiger partial charge in [-0.1, -0.05) is 0 Å². The van der Waals surface area contributed by atoms with Crippen molar-refractivity contribution in [2.45, 2.75) is 0 Å². The number of carboxylic acids is 1. The summed E-state index contributed by atoms with van der Waals surface area (Å²) < 4.78 is 0.495. The first-order valence-electron chi connectivity index (χ1n) is 2.94. The van der Waals surface area contributed by atoms with Crippen molar-refractivity contribution in [2.24, 2.45) is 0 Å². The van der Waals surface area contributed by atoms with E-state index in [1.165, 1.54) is 12.3 Å². The second-order valence-corrected chi connectivity index (χ2v) is 2.82. The lowest BCUT2D eigenvalue weighted by molar-refractivity contribution is 0.0690. The van der Waals surface area contributed by atoms with Crippen LogP contribution in [0, 0.1) is 11.3 Å². The number of pyridine rings is 1. The topological polar surface area (TPSA) is 74.0 Å². The molecule has 0 radical (unpaired) electrons. The molecule has 0 aromatic carbocycles. The lowest BCUT2D eigenvalue weighted by Gasteiger charge is -1.95. The number of carbonyl (C=O) groups is 1. The number of nitrogens with zero attached hydrogens (tertiary/aromatic N) is 2. The van der Waals surface area contributed by atoms with Crippen molar-refractivity contribution in [2.75, 3.05) is 0 Å². The molecule has 0 saturated carbocycles. The van der Waals surface area contributed by atoms with Crippen molar-refractivity contribution in [1.82, 2.24) is 4.98 Å². The maximum atomic E-state index is 10.4. The first-order chi connectivity index (χ1) is 5.65. The standard InChI is InChI=1S/C7H3BrN2O2/c8-5-3-10-6(7(11)12)1-4(5)2-9/h1,3H,(H,11,12). The third-order valence-electron chi connectivity index (χ3n) is 1.19. The molecule has 0 spiro atoms. The SMILES string of the molecule is N#Cc1cc(C(=O)O)ncc1Br. The van der Waals surface area contributed by atoms with E-state index in [0.717, 1.165) is 0 Å². The van der Waals surface area contributed by atoms with Crippen LogP contribution in [0.4, 0.5) is 0 Å². The van der Waals surface area contributed by atoms with Gasteiger partial charge in [0, 0.05) is 6.20 Å². The summed E-state index contributed by atoms with van der Waals surface area (Å²) >= 11 is 3.06. The van der Waals surface area contributed by atoms with Crippen molar-refractivity contribution in [3.8, 4) is 6.07 Å². The average molecular weight is 227 g/mol. The third-order valence-corrected chi connectivity index (χ3v) is 1.83. The quantitative estimate of drug-likeness (QED) is 0.786. The summed E-state index contributed by atoms with van der Waals surface area (Å²) in [4.78, 5) is 14.0. The monoisotopic (exact) mass is 226 g/mol. The van der Waals surface area contributed by atoms with Gasteiger partial charge in [-0.15, -0.1) is 0 Å². The van der Waals surface area contributed by atoms with E-state index in [4.69, 9.17) is 10.4 Å². The van der Waals surface area contributed by atoms with Crippen molar-refractivity contribution >= 4 is 21.9 Å². The average Bonchev–Trinajstić information content (AvgIpc) is 2.05. The summed E-state index contributed by atoms with van der Waals surface area (Å²) in [6.07, 6.45) is 1.29. The van der Waals surface area contributed by atoms with Gasteiger partial charge in [0.25, 0.3) is 0 Å². The van der Waals surface area contributed by atoms with Gasteiger partial charge >= 0.3 is 5.97 Å². The minimum atomic E-state index is -1.14. The molecule has 1 aromatic heterocycles. The number of rotatable bonds is 1. The van der Waals surface area contributed by atoms with Crippen LogP contribution in [0.25, 0.3) is 0 Å². The number of nitriles is 1. The number of carboxylic acid groups (broad SMARTS) is 1. The second kappa shape index (κ2) is 3.32. The van der Waals surface area contributed by atoms with Crippen LogP contribution in [0.15, 0.2) is 16.7 Å². The molecule has 0 aliphatic carbocycles. The van der Waals surface area contributed by atoms with E-state index < -0.39 is 5.97 Å². The predicted molar refractivity (Wildman–Crippen MR) is 43.6 cm³/mol. The fraction of sp³-hybridized carbons (Fsp3) is 0. The highest BCUT2D eigenvalue weighted by Crippen LogP contribution is 2.14. The van der Waals surface area contributed by atoms with Gasteiger partial charge in [-0.2, -0.15) is 5.26 Å². The van der Waals surface area contributed by atoms with E-state index in [9.17, 15) is 4.79 Å². The molecule has 1 heterocycles. The van der Waals surface area contributed by atoms with Gasteiger partial charge < -0.3 is 5.11 Å². The van der Waals surface area contributed by atoms with E-state index in [0.29, 0.717) is 4.47 Å². The predicted octanol–water partition coefficient (Wildman–Crippen LogP) is 1.41. The number of halogens is 1. The summed E-state index contributed by atoms with van der Waals surface area (Å²) in [5.74, 6) is -1.14. The molecule has 0 fully saturated rings. The van der Waals surface area contributed by atoms with Crippen LogP contribution in [0.5, 0.6) is 0 Å². The largest absolute Gasteiger partial charge is 0.477 e. The minimum Gasteiger partial charge on any atom is -0.477 e. The molecule has 12 heavy (non-hydrogen) atoms. The van der Waals surface area contributed by atoms with Crippen molar-refractivity contribution < 1.29 is 9.90 Å². The Hall–Kier alpha value is -1.41. The smallest absolute Gasteiger partial charge is 0.354 e. The van der Waals surface area contributed by atoms with Crippen LogP contribution < -0.4 is 0 Å². The molecule has 0 amide bonds. The fourth-order valence-corrected chi connectivity index (χ4v) is 0.947. The highest BCUT2D eigenvalue weighted by molar-refractivity contribution is 9.10. The van der Waals surface area contributed by atoms with E-state index in [1.807, 2.05) is 6.07 Å². The van der Waals surface area contributed by atoms with Gasteiger partial charge in [-0.05, 0) is 22.0 Å². The van der Waals surface area contributed by atoms with Crippen molar-refractivity contribution in [1.29, 1.82) is 5.26 Å². The zero-order valence-electron chi connectivity index (χ0n) is 5.78. The first-order valence-corrected chi connectivity index (χ1v) is 3.73. The second-order valence-electron chi connectivity index (χ2n) is 1.97.